The van der Waals surface area contributed by atoms with Gasteiger partial charge in [0.2, 0.25) is 0 Å². The summed E-state index contributed by atoms with van der Waals surface area (Å²) in [5.41, 5.74) is 4.06. The van der Waals surface area contributed by atoms with Crippen molar-refractivity contribution in [2.24, 2.45) is 0 Å². The molecule has 0 N–H and O–H groups in total. The van der Waals surface area contributed by atoms with Gasteiger partial charge in [-0.2, -0.15) is 0 Å². The molecule has 0 amide bonds. The van der Waals surface area contributed by atoms with Gasteiger partial charge in [0.25, 0.3) is 0 Å². The molecule has 0 heterocycles. The minimum absolute atomic E-state index is 0.124. The Morgan fingerprint density at radius 2 is 2.15 bits per heavy atom. The van der Waals surface area contributed by atoms with Crippen LogP contribution in [0.2, 0.25) is 0 Å². The predicted molar refractivity (Wildman–Crippen MR) is 54.2 cm³/mol. The van der Waals surface area contributed by atoms with E-state index in [-0.39, 0.29) is 5.43 Å². The van der Waals surface area contributed by atoms with Crippen molar-refractivity contribution in [1.82, 2.24) is 0 Å². The van der Waals surface area contributed by atoms with Crippen molar-refractivity contribution in [3.05, 3.63) is 45.1 Å². The van der Waals surface area contributed by atoms with Gasteiger partial charge in [-0.15, -0.1) is 0 Å². The zero-order valence-electron chi connectivity index (χ0n) is 8.13. The molecule has 68 valence electrons. The lowest BCUT2D eigenvalue weighted by Gasteiger charge is -2.00. The highest BCUT2D eigenvalue weighted by Gasteiger charge is 2.18. The molecular formula is C12H14O. The van der Waals surface area contributed by atoms with Crippen molar-refractivity contribution >= 4 is 0 Å². The van der Waals surface area contributed by atoms with Crippen LogP contribution in [0, 0.1) is 6.92 Å². The van der Waals surface area contributed by atoms with E-state index in [1.54, 1.807) is 12.1 Å². The average molecular weight is 174 g/mol. The van der Waals surface area contributed by atoms with Crippen LogP contribution in [0.3, 0.4) is 0 Å². The normalized spacial score (nSPS) is 20.0. The molecule has 1 aliphatic rings. The Labute approximate surface area is 78.4 Å². The van der Waals surface area contributed by atoms with Gasteiger partial charge in [-0.05, 0) is 54.5 Å². The van der Waals surface area contributed by atoms with Crippen molar-refractivity contribution in [1.29, 1.82) is 0 Å². The van der Waals surface area contributed by atoms with Crippen LogP contribution in [-0.2, 0) is 6.42 Å². The van der Waals surface area contributed by atoms with Crippen molar-refractivity contribution in [3.8, 4) is 0 Å². The lowest BCUT2D eigenvalue weighted by molar-refractivity contribution is 0.746. The maximum atomic E-state index is 11.2. The summed E-state index contributed by atoms with van der Waals surface area (Å²) in [6.07, 6.45) is 2.37. The number of hydrogen-bond acceptors (Lipinski definition) is 1. The van der Waals surface area contributed by atoms with E-state index in [0.29, 0.717) is 5.92 Å². The van der Waals surface area contributed by atoms with E-state index < -0.39 is 0 Å². The summed E-state index contributed by atoms with van der Waals surface area (Å²) in [6, 6.07) is 5.44. The van der Waals surface area contributed by atoms with Crippen LogP contribution >= 0.6 is 0 Å². The van der Waals surface area contributed by atoms with Crippen molar-refractivity contribution in [3.63, 3.8) is 0 Å². The molecule has 2 rings (SSSR count). The fourth-order valence-corrected chi connectivity index (χ4v) is 2.17. The Kier molecular flexibility index (Phi) is 1.95. The first-order valence-electron chi connectivity index (χ1n) is 4.82. The van der Waals surface area contributed by atoms with E-state index in [1.807, 2.05) is 13.0 Å². The molecule has 1 nitrogen and oxygen atoms in total. The van der Waals surface area contributed by atoms with Gasteiger partial charge < -0.3 is 0 Å². The molecule has 0 aromatic heterocycles. The molecule has 1 atom stereocenters. The standard InChI is InChI=1S/C12H14O/c1-8-3-5-12-9(2)7-10(13)4-6-11(8)12/h4,6-8H,3,5H2,1-2H3/t8-/m0/s1. The van der Waals surface area contributed by atoms with Gasteiger partial charge in [-0.1, -0.05) is 13.0 Å². The third-order valence-electron chi connectivity index (χ3n) is 2.97. The molecule has 0 saturated carbocycles. The first-order valence-corrected chi connectivity index (χ1v) is 4.82. The summed E-state index contributed by atoms with van der Waals surface area (Å²) in [5.74, 6) is 0.625. The largest absolute Gasteiger partial charge is 0.290 e. The molecule has 1 heteroatoms. The number of hydrogen-bond donors (Lipinski definition) is 0. The molecule has 1 aromatic carbocycles. The fraction of sp³-hybridized carbons (Fsp3) is 0.417. The second-order valence-electron chi connectivity index (χ2n) is 3.94. The Hall–Kier alpha value is -1.11. The smallest absolute Gasteiger partial charge is 0.178 e. The van der Waals surface area contributed by atoms with Gasteiger partial charge in [0.15, 0.2) is 5.43 Å². The molecule has 13 heavy (non-hydrogen) atoms. The summed E-state index contributed by atoms with van der Waals surface area (Å²) in [7, 11) is 0. The molecule has 0 unspecified atom stereocenters. The molecule has 1 aromatic rings. The second-order valence-corrected chi connectivity index (χ2v) is 3.94. The third-order valence-corrected chi connectivity index (χ3v) is 2.97. The van der Waals surface area contributed by atoms with Gasteiger partial charge in [-0.25, -0.2) is 0 Å². The highest BCUT2D eigenvalue weighted by atomic mass is 16.1. The van der Waals surface area contributed by atoms with Gasteiger partial charge in [-0.3, -0.25) is 4.79 Å². The Bertz CT molecular complexity index is 393. The van der Waals surface area contributed by atoms with Crippen molar-refractivity contribution < 1.29 is 0 Å². The highest BCUT2D eigenvalue weighted by molar-refractivity contribution is 5.38. The maximum absolute atomic E-state index is 11.2. The van der Waals surface area contributed by atoms with Gasteiger partial charge >= 0.3 is 0 Å². The summed E-state index contributed by atoms with van der Waals surface area (Å²) in [5, 5.41) is 0. The SMILES string of the molecule is Cc1cc(=O)ccc2c1CC[C@@H]2C. The second kappa shape index (κ2) is 2.99. The topological polar surface area (TPSA) is 17.1 Å². The first kappa shape index (κ1) is 8.49. The zero-order chi connectivity index (χ0) is 9.42. The quantitative estimate of drug-likeness (QED) is 0.590. The van der Waals surface area contributed by atoms with E-state index in [9.17, 15) is 4.79 Å². The van der Waals surface area contributed by atoms with E-state index >= 15 is 0 Å². The van der Waals surface area contributed by atoms with Crippen LogP contribution in [0.4, 0.5) is 0 Å². The van der Waals surface area contributed by atoms with Gasteiger partial charge in [0.05, 0.1) is 0 Å². The van der Waals surface area contributed by atoms with Crippen LogP contribution in [0.5, 0.6) is 0 Å². The number of rotatable bonds is 0. The van der Waals surface area contributed by atoms with Crippen LogP contribution < -0.4 is 5.43 Å². The van der Waals surface area contributed by atoms with E-state index in [2.05, 4.69) is 6.92 Å². The fourth-order valence-electron chi connectivity index (χ4n) is 2.17. The van der Waals surface area contributed by atoms with Crippen LogP contribution in [0.25, 0.3) is 0 Å². The maximum Gasteiger partial charge on any atom is 0.178 e. The molecule has 0 aliphatic heterocycles. The van der Waals surface area contributed by atoms with Gasteiger partial charge in [0, 0.05) is 0 Å². The summed E-state index contributed by atoms with van der Waals surface area (Å²) >= 11 is 0. The summed E-state index contributed by atoms with van der Waals surface area (Å²) in [4.78, 5) is 11.2. The minimum atomic E-state index is 0.124. The summed E-state index contributed by atoms with van der Waals surface area (Å²) < 4.78 is 0. The van der Waals surface area contributed by atoms with Crippen molar-refractivity contribution in [2.75, 3.05) is 0 Å². The molecule has 0 bridgehead atoms. The lowest BCUT2D eigenvalue weighted by atomic mass is 10.0. The lowest BCUT2D eigenvalue weighted by Crippen LogP contribution is -1.91. The minimum Gasteiger partial charge on any atom is -0.290 e. The van der Waals surface area contributed by atoms with Crippen LogP contribution in [0.15, 0.2) is 23.0 Å². The molecule has 0 radical (unpaired) electrons. The van der Waals surface area contributed by atoms with Crippen LogP contribution in [0.1, 0.15) is 36.0 Å². The predicted octanol–water partition coefficient (Wildman–Crippen LogP) is 2.40. The number of fused-ring (bicyclic) bond motifs is 1. The Morgan fingerprint density at radius 1 is 1.38 bits per heavy atom. The van der Waals surface area contributed by atoms with Crippen LogP contribution in [-0.4, -0.2) is 0 Å². The van der Waals surface area contributed by atoms with E-state index in [1.165, 1.54) is 17.5 Å². The van der Waals surface area contributed by atoms with Crippen molar-refractivity contribution in [2.45, 2.75) is 32.6 Å². The average Bonchev–Trinajstić information content (AvgIpc) is 2.36. The molecule has 1 aliphatic carbocycles. The van der Waals surface area contributed by atoms with Gasteiger partial charge in [0.1, 0.15) is 0 Å². The first-order chi connectivity index (χ1) is 6.18. The van der Waals surface area contributed by atoms with E-state index in [0.717, 1.165) is 12.0 Å². The third kappa shape index (κ3) is 1.39. The zero-order valence-corrected chi connectivity index (χ0v) is 8.13. The molecule has 0 saturated heterocycles. The summed E-state index contributed by atoms with van der Waals surface area (Å²) in [6.45, 7) is 4.27. The Morgan fingerprint density at radius 3 is 2.92 bits per heavy atom. The highest BCUT2D eigenvalue weighted by Crippen LogP contribution is 2.32. The number of aryl methyl sites for hydroxylation is 1. The molecule has 0 fully saturated rings. The Balaban J connectivity index is 2.72. The van der Waals surface area contributed by atoms with E-state index in [4.69, 9.17) is 0 Å². The molecular weight excluding hydrogens is 160 g/mol. The monoisotopic (exact) mass is 174 g/mol. The molecule has 0 spiro atoms.